The van der Waals surface area contributed by atoms with Crippen molar-refractivity contribution in [2.24, 2.45) is 5.92 Å². The van der Waals surface area contributed by atoms with Gasteiger partial charge in [0.15, 0.2) is 0 Å². The second-order valence-corrected chi connectivity index (χ2v) is 5.16. The Bertz CT molecular complexity index is 377. The SMILES string of the molecule is COC(=O)[C@@H]1CC(=O)NN(S(C)(=O)=O)C1. The molecule has 0 unspecified atom stereocenters. The molecule has 1 aliphatic rings. The zero-order chi connectivity index (χ0) is 11.6. The average molecular weight is 236 g/mol. The van der Waals surface area contributed by atoms with Crippen molar-refractivity contribution in [3.63, 3.8) is 0 Å². The molecule has 7 nitrogen and oxygen atoms in total. The van der Waals surface area contributed by atoms with Crippen molar-refractivity contribution in [2.45, 2.75) is 6.42 Å². The highest BCUT2D eigenvalue weighted by Crippen LogP contribution is 2.14. The van der Waals surface area contributed by atoms with Crippen molar-refractivity contribution in [2.75, 3.05) is 19.9 Å². The van der Waals surface area contributed by atoms with E-state index < -0.39 is 27.8 Å². The molecule has 1 heterocycles. The fourth-order valence-corrected chi connectivity index (χ4v) is 1.98. The topological polar surface area (TPSA) is 92.8 Å². The van der Waals surface area contributed by atoms with Crippen molar-refractivity contribution in [3.8, 4) is 0 Å². The van der Waals surface area contributed by atoms with Gasteiger partial charge >= 0.3 is 5.97 Å². The molecule has 1 fully saturated rings. The van der Waals surface area contributed by atoms with Gasteiger partial charge in [0, 0.05) is 13.0 Å². The van der Waals surface area contributed by atoms with Gasteiger partial charge in [0.05, 0.1) is 19.3 Å². The molecule has 0 aromatic carbocycles. The Morgan fingerprint density at radius 1 is 1.60 bits per heavy atom. The number of sulfonamides is 1. The molecule has 1 atom stereocenters. The van der Waals surface area contributed by atoms with Gasteiger partial charge in [0.25, 0.3) is 0 Å². The lowest BCUT2D eigenvalue weighted by Crippen LogP contribution is -2.54. The van der Waals surface area contributed by atoms with Crippen LogP contribution in [0.2, 0.25) is 0 Å². The summed E-state index contributed by atoms with van der Waals surface area (Å²) in [5.74, 6) is -1.83. The molecule has 0 aromatic rings. The van der Waals surface area contributed by atoms with Crippen molar-refractivity contribution in [3.05, 3.63) is 0 Å². The Hall–Kier alpha value is -1.15. The highest BCUT2D eigenvalue weighted by Gasteiger charge is 2.34. The van der Waals surface area contributed by atoms with Gasteiger partial charge in [-0.05, 0) is 0 Å². The molecular weight excluding hydrogens is 224 g/mol. The molecule has 0 bridgehead atoms. The van der Waals surface area contributed by atoms with Crippen LogP contribution < -0.4 is 5.43 Å². The molecule has 0 radical (unpaired) electrons. The number of nitrogens with zero attached hydrogens (tertiary/aromatic N) is 1. The number of rotatable bonds is 2. The Labute approximate surface area is 87.4 Å². The number of esters is 1. The third-order valence-corrected chi connectivity index (χ3v) is 3.04. The fourth-order valence-electron chi connectivity index (χ4n) is 1.26. The molecule has 8 heteroatoms. The van der Waals surface area contributed by atoms with E-state index in [1.807, 2.05) is 0 Å². The van der Waals surface area contributed by atoms with E-state index in [1.165, 1.54) is 7.11 Å². The van der Waals surface area contributed by atoms with Crippen LogP contribution in [0.25, 0.3) is 0 Å². The number of hydrazine groups is 1. The monoisotopic (exact) mass is 236 g/mol. The molecule has 1 N–H and O–H groups in total. The highest BCUT2D eigenvalue weighted by molar-refractivity contribution is 7.88. The molecule has 1 saturated heterocycles. The van der Waals surface area contributed by atoms with Crippen LogP contribution in [0.4, 0.5) is 0 Å². The minimum Gasteiger partial charge on any atom is -0.469 e. The predicted molar refractivity (Wildman–Crippen MR) is 49.8 cm³/mol. The number of carbonyl (C=O) groups is 2. The third-order valence-electron chi connectivity index (χ3n) is 2.00. The van der Waals surface area contributed by atoms with Gasteiger partial charge < -0.3 is 4.74 Å². The van der Waals surface area contributed by atoms with Crippen molar-refractivity contribution in [1.82, 2.24) is 9.84 Å². The Kier molecular flexibility index (Phi) is 3.30. The second kappa shape index (κ2) is 4.15. The summed E-state index contributed by atoms with van der Waals surface area (Å²) in [7, 11) is -2.35. The molecule has 1 aliphatic heterocycles. The first-order valence-corrected chi connectivity index (χ1v) is 6.04. The second-order valence-electron chi connectivity index (χ2n) is 3.25. The number of methoxy groups -OCH3 is 1. The van der Waals surface area contributed by atoms with Gasteiger partial charge in [-0.25, -0.2) is 8.42 Å². The van der Waals surface area contributed by atoms with Crippen LogP contribution in [0.3, 0.4) is 0 Å². The number of nitrogens with one attached hydrogen (secondary N) is 1. The van der Waals surface area contributed by atoms with Gasteiger partial charge in [0.2, 0.25) is 15.9 Å². The quantitative estimate of drug-likeness (QED) is 0.587. The molecule has 15 heavy (non-hydrogen) atoms. The van der Waals surface area contributed by atoms with Gasteiger partial charge in [-0.3, -0.25) is 15.0 Å². The Morgan fingerprint density at radius 3 is 2.67 bits per heavy atom. The molecule has 1 amide bonds. The number of ether oxygens (including phenoxy) is 1. The molecular formula is C7H12N2O5S. The van der Waals surface area contributed by atoms with Gasteiger partial charge in [0.1, 0.15) is 0 Å². The predicted octanol–water partition coefficient (Wildman–Crippen LogP) is -1.53. The maximum atomic E-state index is 11.2. The number of carbonyl (C=O) groups excluding carboxylic acids is 2. The average Bonchev–Trinajstić information content (AvgIpc) is 2.14. The van der Waals surface area contributed by atoms with Crippen molar-refractivity contribution in [1.29, 1.82) is 0 Å². The highest BCUT2D eigenvalue weighted by atomic mass is 32.2. The van der Waals surface area contributed by atoms with Crippen LogP contribution in [0.1, 0.15) is 6.42 Å². The first-order valence-electron chi connectivity index (χ1n) is 4.19. The van der Waals surface area contributed by atoms with Crippen LogP contribution in [0.5, 0.6) is 0 Å². The maximum absolute atomic E-state index is 11.2. The lowest BCUT2D eigenvalue weighted by Gasteiger charge is -2.29. The van der Waals surface area contributed by atoms with E-state index in [-0.39, 0.29) is 13.0 Å². The smallest absolute Gasteiger partial charge is 0.310 e. The summed E-state index contributed by atoms with van der Waals surface area (Å²) in [5.41, 5.74) is 2.16. The zero-order valence-electron chi connectivity index (χ0n) is 8.39. The number of hydrogen-bond acceptors (Lipinski definition) is 5. The lowest BCUT2D eigenvalue weighted by molar-refractivity contribution is -0.150. The van der Waals surface area contributed by atoms with Crippen molar-refractivity contribution < 1.29 is 22.7 Å². The molecule has 0 saturated carbocycles. The summed E-state index contributed by atoms with van der Waals surface area (Å²) in [6.07, 6.45) is 0.894. The summed E-state index contributed by atoms with van der Waals surface area (Å²) < 4.78 is 27.5. The summed E-state index contributed by atoms with van der Waals surface area (Å²) in [4.78, 5) is 22.3. The van der Waals surface area contributed by atoms with Crippen molar-refractivity contribution >= 4 is 21.9 Å². The van der Waals surface area contributed by atoms with E-state index in [1.54, 1.807) is 0 Å². The standard InChI is InChI=1S/C7H12N2O5S/c1-14-7(11)5-3-6(10)8-9(4-5)15(2,12)13/h5H,3-4H2,1-2H3,(H,8,10)/t5-/m1/s1. The summed E-state index contributed by atoms with van der Waals surface area (Å²) in [6, 6.07) is 0. The minimum absolute atomic E-state index is 0.0569. The van der Waals surface area contributed by atoms with Crippen LogP contribution in [-0.4, -0.2) is 44.6 Å². The molecule has 0 aromatic heterocycles. The van der Waals surface area contributed by atoms with Gasteiger partial charge in [-0.2, -0.15) is 0 Å². The van der Waals surface area contributed by atoms with Gasteiger partial charge in [-0.1, -0.05) is 0 Å². The lowest BCUT2D eigenvalue weighted by atomic mass is 10.0. The molecule has 86 valence electrons. The third kappa shape index (κ3) is 2.90. The summed E-state index contributed by atoms with van der Waals surface area (Å²) in [6.45, 7) is -0.0861. The number of amides is 1. The number of hydrogen-bond donors (Lipinski definition) is 1. The fraction of sp³-hybridized carbons (Fsp3) is 0.714. The van der Waals surface area contributed by atoms with Gasteiger partial charge in [-0.15, -0.1) is 4.41 Å². The van der Waals surface area contributed by atoms with E-state index in [9.17, 15) is 18.0 Å². The van der Waals surface area contributed by atoms with E-state index >= 15 is 0 Å². The minimum atomic E-state index is -3.54. The molecule has 0 spiro atoms. The summed E-state index contributed by atoms with van der Waals surface area (Å²) in [5, 5.41) is 0. The van der Waals surface area contributed by atoms with Crippen LogP contribution in [0.15, 0.2) is 0 Å². The first kappa shape index (κ1) is 11.9. The van der Waals surface area contributed by atoms with E-state index in [0.29, 0.717) is 0 Å². The van der Waals surface area contributed by atoms with E-state index in [4.69, 9.17) is 0 Å². The van der Waals surface area contributed by atoms with E-state index in [0.717, 1.165) is 10.7 Å². The molecule has 1 rings (SSSR count). The largest absolute Gasteiger partial charge is 0.469 e. The van der Waals surface area contributed by atoms with Crippen LogP contribution >= 0.6 is 0 Å². The maximum Gasteiger partial charge on any atom is 0.310 e. The Morgan fingerprint density at radius 2 is 2.20 bits per heavy atom. The van der Waals surface area contributed by atoms with Crippen LogP contribution in [-0.2, 0) is 24.3 Å². The zero-order valence-corrected chi connectivity index (χ0v) is 9.20. The van der Waals surface area contributed by atoms with Crippen LogP contribution in [0, 0.1) is 5.92 Å². The Balaban J connectivity index is 2.81. The normalized spacial score (nSPS) is 23.3. The first-order chi connectivity index (χ1) is 6.84. The molecule has 0 aliphatic carbocycles. The van der Waals surface area contributed by atoms with E-state index in [2.05, 4.69) is 10.2 Å². The summed E-state index contributed by atoms with van der Waals surface area (Å²) >= 11 is 0.